The first-order valence-corrected chi connectivity index (χ1v) is 11.0. The number of thioether (sulfide) groups is 1. The average Bonchev–Trinajstić information content (AvgIpc) is 3.34. The average molecular weight is 415 g/mol. The van der Waals surface area contributed by atoms with Crippen molar-refractivity contribution in [1.29, 1.82) is 0 Å². The number of aromatic nitrogens is 3. The van der Waals surface area contributed by atoms with Crippen LogP contribution in [0.3, 0.4) is 0 Å². The molecule has 0 bridgehead atoms. The summed E-state index contributed by atoms with van der Waals surface area (Å²) in [6, 6.07) is 8.42. The third-order valence-corrected chi connectivity index (χ3v) is 5.89. The van der Waals surface area contributed by atoms with Gasteiger partial charge in [-0.2, -0.15) is 0 Å². The number of nitrogens with zero attached hydrogens (tertiary/aromatic N) is 3. The first kappa shape index (κ1) is 21.6. The molecule has 156 valence electrons. The van der Waals surface area contributed by atoms with E-state index in [9.17, 15) is 4.79 Å². The van der Waals surface area contributed by atoms with Crippen LogP contribution in [0.4, 0.5) is 0 Å². The van der Waals surface area contributed by atoms with Gasteiger partial charge in [0.25, 0.3) is 0 Å². The summed E-state index contributed by atoms with van der Waals surface area (Å²) in [6.07, 6.45) is 4.05. The number of carbonyl (C=O) groups is 1. The number of hydrogen-bond acceptors (Lipinski definition) is 5. The van der Waals surface area contributed by atoms with Gasteiger partial charge >= 0.3 is 0 Å². The molecular weight excluding hydrogens is 384 g/mol. The minimum absolute atomic E-state index is 0.0188. The Balaban J connectivity index is 1.66. The third-order valence-electron chi connectivity index (χ3n) is 4.92. The van der Waals surface area contributed by atoms with Gasteiger partial charge in [-0.1, -0.05) is 62.9 Å². The lowest BCUT2D eigenvalue weighted by Gasteiger charge is -2.19. The van der Waals surface area contributed by atoms with Gasteiger partial charge in [0.05, 0.1) is 11.9 Å². The van der Waals surface area contributed by atoms with Crippen LogP contribution in [-0.4, -0.2) is 45.7 Å². The molecule has 1 aliphatic rings. The zero-order chi connectivity index (χ0) is 20.9. The predicted octanol–water partition coefficient (Wildman–Crippen LogP) is 3.82. The maximum atomic E-state index is 12.2. The number of nitrogens with one attached hydrogen (secondary N) is 1. The van der Waals surface area contributed by atoms with E-state index < -0.39 is 0 Å². The maximum Gasteiger partial charge on any atom is 0.230 e. The second-order valence-corrected chi connectivity index (χ2v) is 9.20. The van der Waals surface area contributed by atoms with Crippen LogP contribution < -0.4 is 5.32 Å². The van der Waals surface area contributed by atoms with Gasteiger partial charge in [0.1, 0.15) is 0 Å². The molecule has 7 heteroatoms. The van der Waals surface area contributed by atoms with Crippen LogP contribution in [0.1, 0.15) is 39.2 Å². The predicted molar refractivity (Wildman–Crippen MR) is 117 cm³/mol. The number of hydrogen-bond donors (Lipinski definition) is 1. The van der Waals surface area contributed by atoms with Crippen molar-refractivity contribution < 1.29 is 9.53 Å². The van der Waals surface area contributed by atoms with E-state index in [0.717, 1.165) is 30.8 Å². The Kier molecular flexibility index (Phi) is 7.14. The highest BCUT2D eigenvalue weighted by Gasteiger charge is 2.19. The molecule has 2 aromatic rings. The quantitative estimate of drug-likeness (QED) is 0.525. The van der Waals surface area contributed by atoms with Crippen LogP contribution in [0, 0.1) is 0 Å². The maximum absolute atomic E-state index is 12.2. The number of rotatable bonds is 8. The summed E-state index contributed by atoms with van der Waals surface area (Å²) in [5.41, 5.74) is 2.38. The second kappa shape index (κ2) is 9.59. The number of allylic oxidation sites excluding steroid dienone is 1. The van der Waals surface area contributed by atoms with E-state index >= 15 is 0 Å². The van der Waals surface area contributed by atoms with E-state index in [1.165, 1.54) is 17.3 Å². The number of carbonyl (C=O) groups excluding carboxylic acids is 1. The fourth-order valence-corrected chi connectivity index (χ4v) is 4.01. The van der Waals surface area contributed by atoms with Crippen molar-refractivity contribution in [3.8, 4) is 11.4 Å². The van der Waals surface area contributed by atoms with Gasteiger partial charge in [-0.25, -0.2) is 0 Å². The van der Waals surface area contributed by atoms with E-state index in [-0.39, 0.29) is 17.4 Å². The highest BCUT2D eigenvalue weighted by molar-refractivity contribution is 7.99. The topological polar surface area (TPSA) is 69.0 Å². The Bertz CT molecular complexity index is 833. The Labute approximate surface area is 177 Å². The van der Waals surface area contributed by atoms with E-state index in [2.05, 4.69) is 67.1 Å². The van der Waals surface area contributed by atoms with E-state index in [0.29, 0.717) is 24.0 Å². The second-order valence-electron chi connectivity index (χ2n) is 8.26. The minimum Gasteiger partial charge on any atom is -0.376 e. The van der Waals surface area contributed by atoms with Gasteiger partial charge in [0.15, 0.2) is 11.0 Å². The molecule has 1 aromatic carbocycles. The van der Waals surface area contributed by atoms with Crippen molar-refractivity contribution in [2.24, 2.45) is 0 Å². The first-order chi connectivity index (χ1) is 13.9. The summed E-state index contributed by atoms with van der Waals surface area (Å²) in [7, 11) is 0. The summed E-state index contributed by atoms with van der Waals surface area (Å²) in [5.74, 6) is 1.06. The van der Waals surface area contributed by atoms with Gasteiger partial charge in [0.2, 0.25) is 5.91 Å². The fourth-order valence-electron chi connectivity index (χ4n) is 3.24. The lowest BCUT2D eigenvalue weighted by atomic mass is 9.87. The van der Waals surface area contributed by atoms with Crippen molar-refractivity contribution in [3.05, 3.63) is 42.5 Å². The molecule has 1 aromatic heterocycles. The van der Waals surface area contributed by atoms with Crippen LogP contribution in [0.25, 0.3) is 11.4 Å². The summed E-state index contributed by atoms with van der Waals surface area (Å²) in [6.45, 7) is 12.4. The Morgan fingerprint density at radius 3 is 2.72 bits per heavy atom. The van der Waals surface area contributed by atoms with E-state index in [4.69, 9.17) is 4.74 Å². The van der Waals surface area contributed by atoms with Crippen LogP contribution >= 0.6 is 11.8 Å². The van der Waals surface area contributed by atoms with Crippen molar-refractivity contribution in [3.63, 3.8) is 0 Å². The van der Waals surface area contributed by atoms with Gasteiger partial charge in [-0.05, 0) is 23.8 Å². The van der Waals surface area contributed by atoms with Crippen molar-refractivity contribution in [2.45, 2.75) is 56.8 Å². The molecule has 6 nitrogen and oxygen atoms in total. The molecule has 2 heterocycles. The molecule has 1 atom stereocenters. The van der Waals surface area contributed by atoms with Crippen LogP contribution in [0.15, 0.2) is 42.1 Å². The lowest BCUT2D eigenvalue weighted by molar-refractivity contribution is -0.119. The summed E-state index contributed by atoms with van der Waals surface area (Å²) >= 11 is 1.39. The molecule has 3 rings (SSSR count). The number of amides is 1. The highest BCUT2D eigenvalue weighted by Crippen LogP contribution is 2.27. The third kappa shape index (κ3) is 5.70. The number of benzene rings is 1. The Morgan fingerprint density at radius 1 is 1.34 bits per heavy atom. The zero-order valence-corrected chi connectivity index (χ0v) is 18.3. The van der Waals surface area contributed by atoms with Crippen LogP contribution in [-0.2, 0) is 21.5 Å². The van der Waals surface area contributed by atoms with Crippen molar-refractivity contribution in [2.75, 3.05) is 18.9 Å². The van der Waals surface area contributed by atoms with Crippen molar-refractivity contribution >= 4 is 17.7 Å². The van der Waals surface area contributed by atoms with Crippen molar-refractivity contribution in [1.82, 2.24) is 20.1 Å². The summed E-state index contributed by atoms with van der Waals surface area (Å²) in [4.78, 5) is 12.2. The summed E-state index contributed by atoms with van der Waals surface area (Å²) < 4.78 is 7.54. The normalized spacial score (nSPS) is 16.7. The zero-order valence-electron chi connectivity index (χ0n) is 17.5. The molecule has 1 saturated heterocycles. The van der Waals surface area contributed by atoms with Gasteiger partial charge in [-0.3, -0.25) is 9.36 Å². The molecule has 1 aliphatic heterocycles. The lowest BCUT2D eigenvalue weighted by Crippen LogP contribution is -2.32. The van der Waals surface area contributed by atoms with Crippen LogP contribution in [0.2, 0.25) is 0 Å². The molecular formula is C22H30N4O2S. The Morgan fingerprint density at radius 2 is 2.10 bits per heavy atom. The monoisotopic (exact) mass is 414 g/mol. The molecule has 0 spiro atoms. The SMILES string of the molecule is C=CCn1c(SCC(=O)NC[C@@H]2CCCO2)nnc1-c1ccc(C(C)(C)C)cc1. The van der Waals surface area contributed by atoms with E-state index in [1.54, 1.807) is 0 Å². The molecule has 1 fully saturated rings. The largest absolute Gasteiger partial charge is 0.376 e. The van der Waals surface area contributed by atoms with Gasteiger partial charge in [-0.15, -0.1) is 16.8 Å². The first-order valence-electron chi connectivity index (χ1n) is 10.0. The molecule has 0 unspecified atom stereocenters. The fraction of sp³-hybridized carbons (Fsp3) is 0.500. The van der Waals surface area contributed by atoms with E-state index in [1.807, 2.05) is 10.6 Å². The molecule has 1 amide bonds. The van der Waals surface area contributed by atoms with Gasteiger partial charge in [0, 0.05) is 25.3 Å². The minimum atomic E-state index is -0.0188. The standard InChI is InChI=1S/C22H30N4O2S/c1-5-12-26-20(16-8-10-17(11-9-16)22(2,3)4)24-25-21(26)29-15-19(27)23-14-18-7-6-13-28-18/h5,8-11,18H,1,6-7,12-15H2,2-4H3,(H,23,27)/t18-/m0/s1. The van der Waals surface area contributed by atoms with Gasteiger partial charge < -0.3 is 10.1 Å². The molecule has 0 saturated carbocycles. The summed E-state index contributed by atoms with van der Waals surface area (Å²) in [5, 5.41) is 12.3. The number of ether oxygens (including phenoxy) is 1. The highest BCUT2D eigenvalue weighted by atomic mass is 32.2. The molecule has 0 aliphatic carbocycles. The van der Waals surface area contributed by atoms with Crippen LogP contribution in [0.5, 0.6) is 0 Å². The Hall–Kier alpha value is -2.12. The molecule has 1 N–H and O–H groups in total. The molecule has 29 heavy (non-hydrogen) atoms. The smallest absolute Gasteiger partial charge is 0.230 e. The molecule has 0 radical (unpaired) electrons.